The lowest BCUT2D eigenvalue weighted by atomic mass is 10.2. The van der Waals surface area contributed by atoms with Gasteiger partial charge >= 0.3 is 6.18 Å². The Morgan fingerprint density at radius 1 is 1.07 bits per heavy atom. The van der Waals surface area contributed by atoms with Crippen LogP contribution in [0, 0.1) is 5.82 Å². The number of amides is 1. The highest BCUT2D eigenvalue weighted by atomic mass is 19.4. The molecule has 0 atom stereocenters. The Kier molecular flexibility index (Phi) is 5.96. The average Bonchev–Trinajstić information content (AvgIpc) is 3.15. The lowest BCUT2D eigenvalue weighted by molar-refractivity contribution is -0.137. The molecule has 0 unspecified atom stereocenters. The van der Waals surface area contributed by atoms with E-state index in [2.05, 4.69) is 15.8 Å². The smallest absolute Gasteiger partial charge is 0.416 e. The summed E-state index contributed by atoms with van der Waals surface area (Å²) in [5.74, 6) is -0.0491. The Morgan fingerprint density at radius 2 is 1.83 bits per heavy atom. The normalized spacial score (nSPS) is 11.6. The SMILES string of the molecule is O=C(CNc1cccc(C(F)(F)F)c1)N/N=C\c1ccc(-c2ccc(F)cc2)o1. The molecule has 9 heteroatoms. The molecule has 0 saturated carbocycles. The fraction of sp³-hybridized carbons (Fsp3) is 0.100. The highest BCUT2D eigenvalue weighted by Gasteiger charge is 2.30. The van der Waals surface area contributed by atoms with E-state index in [1.807, 2.05) is 0 Å². The number of anilines is 1. The van der Waals surface area contributed by atoms with Gasteiger partial charge in [-0.1, -0.05) is 6.07 Å². The lowest BCUT2D eigenvalue weighted by Crippen LogP contribution is -2.26. The fourth-order valence-corrected chi connectivity index (χ4v) is 2.39. The number of hydrogen-bond donors (Lipinski definition) is 2. The first-order valence-electron chi connectivity index (χ1n) is 8.40. The molecule has 0 aliphatic heterocycles. The van der Waals surface area contributed by atoms with E-state index in [1.54, 1.807) is 24.3 Å². The second-order valence-electron chi connectivity index (χ2n) is 5.93. The predicted octanol–water partition coefficient (Wildman–Crippen LogP) is 4.67. The van der Waals surface area contributed by atoms with Gasteiger partial charge < -0.3 is 9.73 Å². The van der Waals surface area contributed by atoms with E-state index in [1.165, 1.54) is 30.5 Å². The molecule has 1 heterocycles. The highest BCUT2D eigenvalue weighted by Crippen LogP contribution is 2.30. The molecular weight excluding hydrogens is 390 g/mol. The number of nitrogens with zero attached hydrogens (tertiary/aromatic N) is 1. The molecular formula is C20H15F4N3O2. The summed E-state index contributed by atoms with van der Waals surface area (Å²) in [6.45, 7) is -0.266. The summed E-state index contributed by atoms with van der Waals surface area (Å²) in [4.78, 5) is 11.8. The van der Waals surface area contributed by atoms with E-state index < -0.39 is 17.6 Å². The first-order chi connectivity index (χ1) is 13.8. The molecule has 1 amide bonds. The maximum Gasteiger partial charge on any atom is 0.416 e. The Labute approximate surface area is 163 Å². The monoisotopic (exact) mass is 405 g/mol. The minimum Gasteiger partial charge on any atom is -0.455 e. The zero-order valence-corrected chi connectivity index (χ0v) is 14.8. The molecule has 150 valence electrons. The molecule has 1 aromatic heterocycles. The van der Waals surface area contributed by atoms with Crippen molar-refractivity contribution in [3.63, 3.8) is 0 Å². The summed E-state index contributed by atoms with van der Waals surface area (Å²) in [6, 6.07) is 13.6. The van der Waals surface area contributed by atoms with Crippen molar-refractivity contribution in [2.75, 3.05) is 11.9 Å². The minimum absolute atomic E-state index is 0.161. The van der Waals surface area contributed by atoms with E-state index in [0.717, 1.165) is 12.1 Å². The number of hydrogen-bond acceptors (Lipinski definition) is 4. The van der Waals surface area contributed by atoms with Gasteiger partial charge in [-0.2, -0.15) is 18.3 Å². The van der Waals surface area contributed by atoms with Gasteiger partial charge in [0.2, 0.25) is 0 Å². The number of carbonyl (C=O) groups excluding carboxylic acids is 1. The molecule has 0 saturated heterocycles. The second-order valence-corrected chi connectivity index (χ2v) is 5.93. The van der Waals surface area contributed by atoms with E-state index in [0.29, 0.717) is 17.1 Å². The van der Waals surface area contributed by atoms with E-state index >= 15 is 0 Å². The van der Waals surface area contributed by atoms with Crippen molar-refractivity contribution < 1.29 is 26.8 Å². The summed E-state index contributed by atoms with van der Waals surface area (Å²) in [6.07, 6.45) is -3.19. The number of alkyl halides is 3. The second kappa shape index (κ2) is 8.59. The third kappa shape index (κ3) is 5.68. The van der Waals surface area contributed by atoms with Crippen LogP contribution in [0.2, 0.25) is 0 Å². The summed E-state index contributed by atoms with van der Waals surface area (Å²) >= 11 is 0. The third-order valence-electron chi connectivity index (χ3n) is 3.78. The Morgan fingerprint density at radius 3 is 2.55 bits per heavy atom. The average molecular weight is 405 g/mol. The summed E-state index contributed by atoms with van der Waals surface area (Å²) in [7, 11) is 0. The number of furan rings is 1. The van der Waals surface area contributed by atoms with Crippen molar-refractivity contribution in [1.82, 2.24) is 5.43 Å². The summed E-state index contributed by atoms with van der Waals surface area (Å²) in [5.41, 5.74) is 2.27. The minimum atomic E-state index is -4.46. The highest BCUT2D eigenvalue weighted by molar-refractivity contribution is 5.83. The van der Waals surface area contributed by atoms with Gasteiger partial charge in [-0.15, -0.1) is 0 Å². The van der Waals surface area contributed by atoms with Crippen molar-refractivity contribution >= 4 is 17.8 Å². The van der Waals surface area contributed by atoms with Crippen LogP contribution in [0.5, 0.6) is 0 Å². The molecule has 2 aromatic carbocycles. The zero-order chi connectivity index (χ0) is 20.9. The molecule has 3 rings (SSSR count). The number of hydrazone groups is 1. The molecule has 0 bridgehead atoms. The van der Waals surface area contributed by atoms with Crippen LogP contribution in [0.3, 0.4) is 0 Å². The van der Waals surface area contributed by atoms with Gasteiger partial charge in [0.1, 0.15) is 17.3 Å². The van der Waals surface area contributed by atoms with Gasteiger partial charge in [-0.25, -0.2) is 9.82 Å². The number of nitrogens with one attached hydrogen (secondary N) is 2. The summed E-state index contributed by atoms with van der Waals surface area (Å²) < 4.78 is 56.5. The van der Waals surface area contributed by atoms with Crippen molar-refractivity contribution in [3.8, 4) is 11.3 Å². The first kappa shape index (κ1) is 20.1. The quantitative estimate of drug-likeness (QED) is 0.356. The van der Waals surface area contributed by atoms with Gasteiger partial charge in [0.25, 0.3) is 5.91 Å². The number of halogens is 4. The maximum atomic E-state index is 12.9. The Balaban J connectivity index is 1.51. The standard InChI is InChI=1S/C20H15F4N3O2/c21-15-6-4-13(5-7-15)18-9-8-17(29-18)11-26-27-19(28)12-25-16-3-1-2-14(10-16)20(22,23)24/h1-11,25H,12H2,(H,27,28)/b26-11-. The molecule has 5 nitrogen and oxygen atoms in total. The molecule has 0 aliphatic rings. The molecule has 29 heavy (non-hydrogen) atoms. The van der Waals surface area contributed by atoms with Crippen LogP contribution in [0.15, 0.2) is 70.2 Å². The zero-order valence-electron chi connectivity index (χ0n) is 14.8. The van der Waals surface area contributed by atoms with Crippen molar-refractivity contribution in [3.05, 3.63) is 77.8 Å². The summed E-state index contributed by atoms with van der Waals surface area (Å²) in [5, 5.41) is 6.33. The van der Waals surface area contributed by atoms with Crippen LogP contribution in [-0.4, -0.2) is 18.7 Å². The third-order valence-corrected chi connectivity index (χ3v) is 3.78. The molecule has 3 aromatic rings. The van der Waals surface area contributed by atoms with Crippen molar-refractivity contribution in [2.24, 2.45) is 5.10 Å². The largest absolute Gasteiger partial charge is 0.455 e. The van der Waals surface area contributed by atoms with Crippen LogP contribution >= 0.6 is 0 Å². The lowest BCUT2D eigenvalue weighted by Gasteiger charge is -2.09. The van der Waals surface area contributed by atoms with Gasteiger partial charge in [0.05, 0.1) is 18.3 Å². The van der Waals surface area contributed by atoms with Gasteiger partial charge in [0.15, 0.2) is 0 Å². The molecule has 0 fully saturated rings. The van der Waals surface area contributed by atoms with Crippen LogP contribution in [-0.2, 0) is 11.0 Å². The topological polar surface area (TPSA) is 66.6 Å². The first-order valence-corrected chi connectivity index (χ1v) is 8.40. The van der Waals surface area contributed by atoms with Crippen LogP contribution in [0.1, 0.15) is 11.3 Å². The number of benzene rings is 2. The van der Waals surface area contributed by atoms with Gasteiger partial charge in [-0.05, 0) is 54.6 Å². The van der Waals surface area contributed by atoms with Crippen molar-refractivity contribution in [1.29, 1.82) is 0 Å². The van der Waals surface area contributed by atoms with Gasteiger partial charge in [0, 0.05) is 11.3 Å². The van der Waals surface area contributed by atoms with E-state index in [-0.39, 0.29) is 18.0 Å². The van der Waals surface area contributed by atoms with Crippen LogP contribution < -0.4 is 10.7 Å². The Bertz CT molecular complexity index is 1010. The molecule has 2 N–H and O–H groups in total. The van der Waals surface area contributed by atoms with E-state index in [9.17, 15) is 22.4 Å². The van der Waals surface area contributed by atoms with Crippen molar-refractivity contribution in [2.45, 2.75) is 6.18 Å². The molecule has 0 spiro atoms. The Hall–Kier alpha value is -3.62. The fourth-order valence-electron chi connectivity index (χ4n) is 2.39. The van der Waals surface area contributed by atoms with Gasteiger partial charge in [-0.3, -0.25) is 4.79 Å². The molecule has 0 aliphatic carbocycles. The molecule has 0 radical (unpaired) electrons. The van der Waals surface area contributed by atoms with Crippen LogP contribution in [0.25, 0.3) is 11.3 Å². The van der Waals surface area contributed by atoms with E-state index in [4.69, 9.17) is 4.42 Å². The van der Waals surface area contributed by atoms with Crippen LogP contribution in [0.4, 0.5) is 23.2 Å². The maximum absolute atomic E-state index is 12.9. The number of rotatable bonds is 6. The predicted molar refractivity (Wildman–Crippen MR) is 99.8 cm³/mol. The number of carbonyl (C=O) groups is 1.